The Bertz CT molecular complexity index is 1370. The van der Waals surface area contributed by atoms with Gasteiger partial charge in [0.15, 0.2) is 0 Å². The fourth-order valence-corrected chi connectivity index (χ4v) is 5.31. The number of sulfonamides is 1. The monoisotopic (exact) mass is 444 g/mol. The highest BCUT2D eigenvalue weighted by molar-refractivity contribution is 7.89. The zero-order valence-electron chi connectivity index (χ0n) is 17.6. The van der Waals surface area contributed by atoms with E-state index in [0.29, 0.717) is 37.2 Å². The second-order valence-corrected chi connectivity index (χ2v) is 9.41. The lowest BCUT2D eigenvalue weighted by Gasteiger charge is -2.35. The van der Waals surface area contributed by atoms with Crippen LogP contribution in [0.4, 0.5) is 5.69 Å². The number of hydrogen-bond donors (Lipinski definition) is 0. The maximum Gasteiger partial charge on any atom is 0.316 e. The molecule has 1 saturated heterocycles. The molecule has 1 fully saturated rings. The molecular weight excluding hydrogens is 420 g/mol. The van der Waals surface area contributed by atoms with Gasteiger partial charge in [0.1, 0.15) is 5.75 Å². The van der Waals surface area contributed by atoms with E-state index in [0.717, 1.165) is 11.4 Å². The number of methoxy groups -OCH3 is 1. The van der Waals surface area contributed by atoms with Crippen molar-refractivity contribution < 1.29 is 13.2 Å². The summed E-state index contributed by atoms with van der Waals surface area (Å²) in [5, 5.41) is 0. The maximum atomic E-state index is 13.3. The van der Waals surface area contributed by atoms with Gasteiger partial charge in [-0.25, -0.2) is 8.42 Å². The number of aryl methyl sites for hydroxylation is 2. The lowest BCUT2D eigenvalue weighted by atomic mass is 10.2. The Labute approximate surface area is 179 Å². The molecule has 3 aromatic rings. The summed E-state index contributed by atoms with van der Waals surface area (Å²) in [4.78, 5) is 26.4. The molecule has 0 unspecified atom stereocenters. The van der Waals surface area contributed by atoms with Gasteiger partial charge in [-0.2, -0.15) is 4.31 Å². The Balaban J connectivity index is 1.61. The summed E-state index contributed by atoms with van der Waals surface area (Å²) in [6.07, 6.45) is 0. The third kappa shape index (κ3) is 3.61. The van der Waals surface area contributed by atoms with Crippen LogP contribution in [0.1, 0.15) is 0 Å². The van der Waals surface area contributed by atoms with Crippen molar-refractivity contribution in [3.8, 4) is 5.75 Å². The minimum absolute atomic E-state index is 0.100. The zero-order valence-corrected chi connectivity index (χ0v) is 18.4. The van der Waals surface area contributed by atoms with Gasteiger partial charge in [0, 0.05) is 52.0 Å². The van der Waals surface area contributed by atoms with Crippen molar-refractivity contribution in [2.45, 2.75) is 4.90 Å². The lowest BCUT2D eigenvalue weighted by molar-refractivity contribution is 0.384. The summed E-state index contributed by atoms with van der Waals surface area (Å²) in [6.45, 7) is 1.77. The van der Waals surface area contributed by atoms with Crippen LogP contribution < -0.4 is 20.8 Å². The highest BCUT2D eigenvalue weighted by Crippen LogP contribution is 2.25. The average molecular weight is 445 g/mol. The van der Waals surface area contributed by atoms with Crippen molar-refractivity contribution in [1.29, 1.82) is 0 Å². The number of fused-ring (bicyclic) bond motifs is 1. The van der Waals surface area contributed by atoms with Crippen LogP contribution in [0.2, 0.25) is 0 Å². The fourth-order valence-electron chi connectivity index (χ4n) is 3.86. The molecule has 0 N–H and O–H groups in total. The van der Waals surface area contributed by atoms with E-state index < -0.39 is 21.1 Å². The van der Waals surface area contributed by atoms with Crippen molar-refractivity contribution in [3.63, 3.8) is 0 Å². The van der Waals surface area contributed by atoms with Gasteiger partial charge in [0.05, 0.1) is 23.0 Å². The predicted octanol–water partition coefficient (Wildman–Crippen LogP) is 0.757. The third-order valence-corrected chi connectivity index (χ3v) is 7.65. The Morgan fingerprint density at radius 2 is 1.48 bits per heavy atom. The second kappa shape index (κ2) is 7.86. The smallest absolute Gasteiger partial charge is 0.316 e. The summed E-state index contributed by atoms with van der Waals surface area (Å²) in [6, 6.07) is 12.2. The lowest BCUT2D eigenvalue weighted by Crippen LogP contribution is -2.48. The number of aromatic nitrogens is 2. The summed E-state index contributed by atoms with van der Waals surface area (Å²) < 4.78 is 35.7. The van der Waals surface area contributed by atoms with E-state index in [4.69, 9.17) is 4.74 Å². The molecule has 31 heavy (non-hydrogen) atoms. The van der Waals surface area contributed by atoms with E-state index in [1.165, 1.54) is 39.7 Å². The van der Waals surface area contributed by atoms with Crippen LogP contribution >= 0.6 is 0 Å². The van der Waals surface area contributed by atoms with Gasteiger partial charge in [-0.05, 0) is 30.3 Å². The molecule has 0 bridgehead atoms. The van der Waals surface area contributed by atoms with E-state index in [-0.39, 0.29) is 4.90 Å². The zero-order chi connectivity index (χ0) is 22.3. The van der Waals surface area contributed by atoms with E-state index >= 15 is 0 Å². The molecule has 4 rings (SSSR count). The first-order valence-electron chi connectivity index (χ1n) is 9.83. The van der Waals surface area contributed by atoms with Crippen LogP contribution in [0.5, 0.6) is 5.75 Å². The first-order valence-corrected chi connectivity index (χ1v) is 11.3. The van der Waals surface area contributed by atoms with E-state index in [2.05, 4.69) is 4.90 Å². The van der Waals surface area contributed by atoms with Crippen molar-refractivity contribution in [3.05, 3.63) is 63.2 Å². The number of anilines is 1. The van der Waals surface area contributed by atoms with Crippen LogP contribution in [0.3, 0.4) is 0 Å². The first kappa shape index (κ1) is 21.1. The van der Waals surface area contributed by atoms with Crippen LogP contribution in [0.15, 0.2) is 56.9 Å². The largest absolute Gasteiger partial charge is 0.497 e. The fraction of sp³-hybridized carbons (Fsp3) is 0.333. The molecule has 0 spiro atoms. The number of rotatable bonds is 4. The van der Waals surface area contributed by atoms with Gasteiger partial charge < -0.3 is 18.8 Å². The SMILES string of the molecule is COc1cccc(N2CCN(S(=O)(=O)c3ccc4c(c3)n(C)c(=O)c(=O)n4C)CC2)c1. The second-order valence-electron chi connectivity index (χ2n) is 7.47. The summed E-state index contributed by atoms with van der Waals surface area (Å²) in [7, 11) is 0.832. The Morgan fingerprint density at radius 3 is 2.13 bits per heavy atom. The van der Waals surface area contributed by atoms with E-state index in [1.807, 2.05) is 24.3 Å². The third-order valence-electron chi connectivity index (χ3n) is 5.76. The van der Waals surface area contributed by atoms with Gasteiger partial charge >= 0.3 is 11.1 Å². The molecular formula is C21H24N4O5S. The number of benzene rings is 2. The Kier molecular flexibility index (Phi) is 5.36. The Morgan fingerprint density at radius 1 is 0.839 bits per heavy atom. The first-order chi connectivity index (χ1) is 14.7. The number of nitrogens with zero attached hydrogens (tertiary/aromatic N) is 4. The topological polar surface area (TPSA) is 93.8 Å². The summed E-state index contributed by atoms with van der Waals surface area (Å²) in [5.41, 5.74) is 0.519. The average Bonchev–Trinajstić information content (AvgIpc) is 2.81. The van der Waals surface area contributed by atoms with Crippen molar-refractivity contribution in [2.75, 3.05) is 38.2 Å². The molecule has 1 aromatic heterocycles. The summed E-state index contributed by atoms with van der Waals surface area (Å²) >= 11 is 0. The van der Waals surface area contributed by atoms with Crippen LogP contribution in [-0.4, -0.2) is 55.1 Å². The number of piperazine rings is 1. The molecule has 2 heterocycles. The summed E-state index contributed by atoms with van der Waals surface area (Å²) in [5.74, 6) is 0.753. The van der Waals surface area contributed by atoms with Crippen molar-refractivity contribution >= 4 is 26.7 Å². The van der Waals surface area contributed by atoms with Gasteiger partial charge in [-0.3, -0.25) is 9.59 Å². The minimum Gasteiger partial charge on any atom is -0.497 e. The molecule has 0 radical (unpaired) electrons. The molecule has 0 aliphatic carbocycles. The molecule has 1 aliphatic heterocycles. The van der Waals surface area contributed by atoms with Gasteiger partial charge in [-0.1, -0.05) is 6.07 Å². The van der Waals surface area contributed by atoms with Crippen molar-refractivity contribution in [1.82, 2.24) is 13.4 Å². The molecule has 0 atom stereocenters. The number of ether oxygens (including phenoxy) is 1. The standard InChI is InChI=1S/C21H24N4O5S/c1-22-18-8-7-17(14-19(18)23(2)21(27)20(22)26)31(28,29)25-11-9-24(10-12-25)15-5-4-6-16(13-15)30-3/h4-8,13-14H,9-12H2,1-3H3. The quantitative estimate of drug-likeness (QED) is 0.552. The molecule has 1 aliphatic rings. The molecule has 0 saturated carbocycles. The van der Waals surface area contributed by atoms with Gasteiger partial charge in [0.25, 0.3) is 0 Å². The highest BCUT2D eigenvalue weighted by atomic mass is 32.2. The molecule has 0 amide bonds. The van der Waals surface area contributed by atoms with Crippen molar-refractivity contribution in [2.24, 2.45) is 14.1 Å². The van der Waals surface area contributed by atoms with Crippen LogP contribution in [0, 0.1) is 0 Å². The number of hydrogen-bond acceptors (Lipinski definition) is 6. The predicted molar refractivity (Wildman–Crippen MR) is 118 cm³/mol. The Hall–Kier alpha value is -3.11. The maximum absolute atomic E-state index is 13.3. The van der Waals surface area contributed by atoms with E-state index in [9.17, 15) is 18.0 Å². The van der Waals surface area contributed by atoms with Crippen LogP contribution in [-0.2, 0) is 24.1 Å². The van der Waals surface area contributed by atoms with Crippen LogP contribution in [0.25, 0.3) is 11.0 Å². The molecule has 9 nitrogen and oxygen atoms in total. The minimum atomic E-state index is -3.75. The normalized spacial score (nSPS) is 15.4. The van der Waals surface area contributed by atoms with E-state index in [1.54, 1.807) is 13.2 Å². The van der Waals surface area contributed by atoms with Gasteiger partial charge in [0.2, 0.25) is 10.0 Å². The van der Waals surface area contributed by atoms with Gasteiger partial charge in [-0.15, -0.1) is 0 Å². The highest BCUT2D eigenvalue weighted by Gasteiger charge is 2.29. The molecule has 10 heteroatoms. The molecule has 164 valence electrons. The molecule has 2 aromatic carbocycles.